The second kappa shape index (κ2) is 6.48. The van der Waals surface area contributed by atoms with Gasteiger partial charge in [0.15, 0.2) is 5.78 Å². The maximum absolute atomic E-state index is 13.5. The fraction of sp³-hybridized carbons (Fsp3) is 0.0625. The first-order chi connectivity index (χ1) is 9.60. The molecule has 0 amide bonds. The number of rotatable bonds is 4. The summed E-state index contributed by atoms with van der Waals surface area (Å²) in [4.78, 5) is 12.0. The summed E-state index contributed by atoms with van der Waals surface area (Å²) in [5, 5.41) is 0. The van der Waals surface area contributed by atoms with Crippen LogP contribution in [0.1, 0.15) is 15.9 Å². The minimum atomic E-state index is -0.369. The lowest BCUT2D eigenvalue weighted by Crippen LogP contribution is -1.94. The van der Waals surface area contributed by atoms with Gasteiger partial charge in [0.25, 0.3) is 0 Å². The lowest BCUT2D eigenvalue weighted by molar-refractivity contribution is 0.104. The predicted molar refractivity (Wildman–Crippen MR) is 80.5 cm³/mol. The van der Waals surface area contributed by atoms with Gasteiger partial charge in [-0.1, -0.05) is 15.9 Å². The Morgan fingerprint density at radius 2 is 1.90 bits per heavy atom. The van der Waals surface area contributed by atoms with Crippen LogP contribution < -0.4 is 4.74 Å². The molecule has 0 aliphatic carbocycles. The van der Waals surface area contributed by atoms with E-state index in [-0.39, 0.29) is 11.6 Å². The van der Waals surface area contributed by atoms with Gasteiger partial charge in [-0.3, -0.25) is 4.79 Å². The number of halogens is 2. The van der Waals surface area contributed by atoms with Crippen LogP contribution in [0.25, 0.3) is 6.08 Å². The van der Waals surface area contributed by atoms with Crippen molar-refractivity contribution in [3.63, 3.8) is 0 Å². The number of carbonyl (C=O) groups excluding carboxylic acids is 1. The van der Waals surface area contributed by atoms with Gasteiger partial charge in [-0.25, -0.2) is 4.39 Å². The average molecular weight is 335 g/mol. The van der Waals surface area contributed by atoms with Gasteiger partial charge in [0.1, 0.15) is 11.6 Å². The van der Waals surface area contributed by atoms with Crippen LogP contribution in [0, 0.1) is 5.82 Å². The molecule has 0 unspecified atom stereocenters. The molecule has 2 aromatic rings. The Morgan fingerprint density at radius 1 is 1.20 bits per heavy atom. The predicted octanol–water partition coefficient (Wildman–Crippen LogP) is 4.49. The van der Waals surface area contributed by atoms with Gasteiger partial charge in [-0.05, 0) is 54.6 Å². The highest BCUT2D eigenvalue weighted by atomic mass is 79.9. The lowest BCUT2D eigenvalue weighted by Gasteiger charge is -2.00. The molecule has 2 aromatic carbocycles. The van der Waals surface area contributed by atoms with Crippen molar-refractivity contribution in [3.05, 3.63) is 70.0 Å². The molecule has 0 heterocycles. The highest BCUT2D eigenvalue weighted by Crippen LogP contribution is 2.17. The quantitative estimate of drug-likeness (QED) is 0.608. The van der Waals surface area contributed by atoms with Crippen LogP contribution >= 0.6 is 15.9 Å². The van der Waals surface area contributed by atoms with E-state index in [1.807, 2.05) is 0 Å². The standard InChI is InChI=1S/C16H12BrFO2/c1-20-14-6-2-11(3-7-14)16(19)9-4-12-10-13(17)5-8-15(12)18/h2-10H,1H3. The maximum Gasteiger partial charge on any atom is 0.185 e. The van der Waals surface area contributed by atoms with Gasteiger partial charge >= 0.3 is 0 Å². The van der Waals surface area contributed by atoms with Gasteiger partial charge in [0.2, 0.25) is 0 Å². The van der Waals surface area contributed by atoms with Gasteiger partial charge in [-0.15, -0.1) is 0 Å². The second-order valence-electron chi connectivity index (χ2n) is 4.09. The zero-order chi connectivity index (χ0) is 14.5. The van der Waals surface area contributed by atoms with Crippen molar-refractivity contribution in [1.82, 2.24) is 0 Å². The van der Waals surface area contributed by atoms with Crippen LogP contribution in [0.15, 0.2) is 53.0 Å². The third-order valence-corrected chi connectivity index (χ3v) is 3.24. The first-order valence-corrected chi connectivity index (χ1v) is 6.71. The zero-order valence-corrected chi connectivity index (χ0v) is 12.4. The minimum absolute atomic E-state index is 0.188. The van der Waals surface area contributed by atoms with Crippen molar-refractivity contribution in [2.75, 3.05) is 7.11 Å². The molecule has 0 saturated heterocycles. The van der Waals surface area contributed by atoms with E-state index in [2.05, 4.69) is 15.9 Å². The monoisotopic (exact) mass is 334 g/mol. The molecule has 0 spiro atoms. The van der Waals surface area contributed by atoms with Crippen molar-refractivity contribution >= 4 is 27.8 Å². The molecule has 0 N–H and O–H groups in total. The number of benzene rings is 2. The number of methoxy groups -OCH3 is 1. The Labute approximate surface area is 125 Å². The van der Waals surface area contributed by atoms with E-state index in [4.69, 9.17) is 4.74 Å². The summed E-state index contributed by atoms with van der Waals surface area (Å²) >= 11 is 3.26. The Balaban J connectivity index is 2.17. The van der Waals surface area contributed by atoms with Crippen LogP contribution in [0.5, 0.6) is 5.75 Å². The highest BCUT2D eigenvalue weighted by Gasteiger charge is 2.03. The Bertz CT molecular complexity index is 648. The number of ketones is 1. The van der Waals surface area contributed by atoms with Gasteiger partial charge < -0.3 is 4.74 Å². The Kier molecular flexibility index (Phi) is 4.69. The number of carbonyl (C=O) groups is 1. The van der Waals surface area contributed by atoms with E-state index in [0.717, 1.165) is 4.47 Å². The van der Waals surface area contributed by atoms with Crippen LogP contribution in [0.2, 0.25) is 0 Å². The van der Waals surface area contributed by atoms with E-state index in [1.54, 1.807) is 43.5 Å². The van der Waals surface area contributed by atoms with Crippen molar-refractivity contribution in [1.29, 1.82) is 0 Å². The SMILES string of the molecule is COc1ccc(C(=O)C=Cc2cc(Br)ccc2F)cc1. The number of ether oxygens (including phenoxy) is 1. The summed E-state index contributed by atoms with van der Waals surface area (Å²) in [6, 6.07) is 11.3. The molecule has 2 nitrogen and oxygen atoms in total. The summed E-state index contributed by atoms with van der Waals surface area (Å²) < 4.78 is 19.3. The highest BCUT2D eigenvalue weighted by molar-refractivity contribution is 9.10. The molecular weight excluding hydrogens is 323 g/mol. The molecule has 0 aromatic heterocycles. The van der Waals surface area contributed by atoms with Gasteiger partial charge in [0.05, 0.1) is 7.11 Å². The van der Waals surface area contributed by atoms with Crippen molar-refractivity contribution < 1.29 is 13.9 Å². The van der Waals surface area contributed by atoms with E-state index in [1.165, 1.54) is 18.2 Å². The first-order valence-electron chi connectivity index (χ1n) is 5.91. The van der Waals surface area contributed by atoms with Crippen molar-refractivity contribution in [3.8, 4) is 5.75 Å². The third kappa shape index (κ3) is 3.54. The molecule has 0 radical (unpaired) electrons. The smallest absolute Gasteiger partial charge is 0.185 e. The Hall–Kier alpha value is -1.94. The molecule has 2 rings (SSSR count). The van der Waals surface area contributed by atoms with Crippen LogP contribution in [-0.4, -0.2) is 12.9 Å². The number of hydrogen-bond donors (Lipinski definition) is 0. The molecule has 4 heteroatoms. The molecule has 0 bridgehead atoms. The second-order valence-corrected chi connectivity index (χ2v) is 5.01. The summed E-state index contributed by atoms with van der Waals surface area (Å²) in [6.45, 7) is 0. The van der Waals surface area contributed by atoms with E-state index in [9.17, 15) is 9.18 Å². The summed E-state index contributed by atoms with van der Waals surface area (Å²) in [6.07, 6.45) is 2.82. The fourth-order valence-electron chi connectivity index (χ4n) is 1.66. The van der Waals surface area contributed by atoms with E-state index < -0.39 is 0 Å². The first kappa shape index (κ1) is 14.5. The zero-order valence-electron chi connectivity index (χ0n) is 10.8. The molecule has 20 heavy (non-hydrogen) atoms. The molecule has 0 aliphatic heterocycles. The van der Waals surface area contributed by atoms with E-state index in [0.29, 0.717) is 16.9 Å². The molecule has 0 fully saturated rings. The average Bonchev–Trinajstić information content (AvgIpc) is 2.48. The third-order valence-electron chi connectivity index (χ3n) is 2.75. The molecule has 0 aliphatic rings. The van der Waals surface area contributed by atoms with Crippen molar-refractivity contribution in [2.24, 2.45) is 0 Å². The van der Waals surface area contributed by atoms with Crippen LogP contribution in [0.4, 0.5) is 4.39 Å². The molecular formula is C16H12BrFO2. The minimum Gasteiger partial charge on any atom is -0.497 e. The summed E-state index contributed by atoms with van der Waals surface area (Å²) in [5.74, 6) is 0.127. The fourth-order valence-corrected chi connectivity index (χ4v) is 2.04. The molecule has 102 valence electrons. The number of hydrogen-bond acceptors (Lipinski definition) is 2. The normalized spacial score (nSPS) is 10.8. The molecule has 0 atom stereocenters. The Morgan fingerprint density at radius 3 is 2.55 bits per heavy atom. The number of allylic oxidation sites excluding steroid dienone is 1. The largest absolute Gasteiger partial charge is 0.497 e. The summed E-state index contributed by atoms with van der Waals surface area (Å²) in [5.41, 5.74) is 0.888. The van der Waals surface area contributed by atoms with Crippen molar-refractivity contribution in [2.45, 2.75) is 0 Å². The van der Waals surface area contributed by atoms with Crippen LogP contribution in [0.3, 0.4) is 0 Å². The van der Waals surface area contributed by atoms with E-state index >= 15 is 0 Å². The summed E-state index contributed by atoms with van der Waals surface area (Å²) in [7, 11) is 1.56. The van der Waals surface area contributed by atoms with Gasteiger partial charge in [0, 0.05) is 15.6 Å². The van der Waals surface area contributed by atoms with Gasteiger partial charge in [-0.2, -0.15) is 0 Å². The maximum atomic E-state index is 13.5. The topological polar surface area (TPSA) is 26.3 Å². The molecule has 0 saturated carbocycles. The lowest BCUT2D eigenvalue weighted by atomic mass is 10.1. The van der Waals surface area contributed by atoms with Crippen LogP contribution in [-0.2, 0) is 0 Å².